The molecule has 2 atom stereocenters. The smallest absolute Gasteiger partial charge is 0.255 e. The van der Waals surface area contributed by atoms with Gasteiger partial charge in [0, 0.05) is 29.5 Å². The second-order valence-electron chi connectivity index (χ2n) is 5.74. The summed E-state index contributed by atoms with van der Waals surface area (Å²) in [5.41, 5.74) is 8.06. The summed E-state index contributed by atoms with van der Waals surface area (Å²) >= 11 is 3.45. The maximum Gasteiger partial charge on any atom is 0.255 e. The molecule has 1 aliphatic rings. The molecule has 0 unspecified atom stereocenters. The van der Waals surface area contributed by atoms with Gasteiger partial charge in [0.05, 0.1) is 12.7 Å². The van der Waals surface area contributed by atoms with E-state index in [0.29, 0.717) is 24.4 Å². The maximum atomic E-state index is 12.8. The van der Waals surface area contributed by atoms with Gasteiger partial charge in [0.2, 0.25) is 0 Å². The van der Waals surface area contributed by atoms with Gasteiger partial charge in [0.15, 0.2) is 0 Å². The second kappa shape index (κ2) is 6.72. The van der Waals surface area contributed by atoms with Gasteiger partial charge in [-0.15, -0.1) is 0 Å². The zero-order chi connectivity index (χ0) is 16.4. The standard InChI is InChI=1S/C18H19BrN2O2/c1-23-13-7-8-16(19)14(9-13)18(22)21-10-15(17(20)11-21)12-5-3-2-4-6-12/h2-9,15,17H,10-11,20H2,1H3/t15-,17+/m0/s1. The van der Waals surface area contributed by atoms with E-state index in [-0.39, 0.29) is 17.9 Å². The Balaban J connectivity index is 1.82. The third-order valence-corrected chi connectivity index (χ3v) is 4.98. The van der Waals surface area contributed by atoms with E-state index >= 15 is 0 Å². The number of carbonyl (C=O) groups is 1. The van der Waals surface area contributed by atoms with Crippen LogP contribution in [0, 0.1) is 0 Å². The van der Waals surface area contributed by atoms with Crippen LogP contribution < -0.4 is 10.5 Å². The number of nitrogens with two attached hydrogens (primary N) is 1. The van der Waals surface area contributed by atoms with Crippen molar-refractivity contribution < 1.29 is 9.53 Å². The number of halogens is 1. The monoisotopic (exact) mass is 374 g/mol. The van der Waals surface area contributed by atoms with E-state index in [1.54, 1.807) is 13.2 Å². The molecule has 1 amide bonds. The van der Waals surface area contributed by atoms with E-state index in [2.05, 4.69) is 28.1 Å². The first kappa shape index (κ1) is 16.0. The third-order valence-electron chi connectivity index (χ3n) is 4.28. The Hall–Kier alpha value is -1.85. The van der Waals surface area contributed by atoms with Crippen LogP contribution in [0.25, 0.3) is 0 Å². The molecule has 0 bridgehead atoms. The molecule has 3 rings (SSSR count). The van der Waals surface area contributed by atoms with Crippen molar-refractivity contribution in [2.45, 2.75) is 12.0 Å². The number of hydrogen-bond donors (Lipinski definition) is 1. The van der Waals surface area contributed by atoms with Crippen LogP contribution in [0.1, 0.15) is 21.8 Å². The summed E-state index contributed by atoms with van der Waals surface area (Å²) in [6.45, 7) is 1.19. The molecular formula is C18H19BrN2O2. The minimum absolute atomic E-state index is 0.0235. The SMILES string of the molecule is COc1ccc(Br)c(C(=O)N2C[C@@H](N)[C@H](c3ccccc3)C2)c1. The van der Waals surface area contributed by atoms with Crippen molar-refractivity contribution in [1.29, 1.82) is 0 Å². The molecule has 2 aromatic rings. The normalized spacial score (nSPS) is 20.6. The lowest BCUT2D eigenvalue weighted by Crippen LogP contribution is -2.32. The summed E-state index contributed by atoms with van der Waals surface area (Å²) in [6.07, 6.45) is 0. The lowest BCUT2D eigenvalue weighted by atomic mass is 9.95. The van der Waals surface area contributed by atoms with Crippen molar-refractivity contribution in [2.24, 2.45) is 5.73 Å². The van der Waals surface area contributed by atoms with Crippen LogP contribution in [0.5, 0.6) is 5.75 Å². The van der Waals surface area contributed by atoms with Crippen LogP contribution in [0.4, 0.5) is 0 Å². The van der Waals surface area contributed by atoms with Gasteiger partial charge in [-0.25, -0.2) is 0 Å². The van der Waals surface area contributed by atoms with Crippen molar-refractivity contribution in [1.82, 2.24) is 4.90 Å². The molecule has 1 saturated heterocycles. The van der Waals surface area contributed by atoms with Gasteiger partial charge in [-0.2, -0.15) is 0 Å². The predicted molar refractivity (Wildman–Crippen MR) is 93.8 cm³/mol. The fraction of sp³-hybridized carbons (Fsp3) is 0.278. The van der Waals surface area contributed by atoms with Crippen molar-refractivity contribution in [3.63, 3.8) is 0 Å². The first-order valence-electron chi connectivity index (χ1n) is 7.53. The molecule has 1 fully saturated rings. The van der Waals surface area contributed by atoms with E-state index < -0.39 is 0 Å². The number of amides is 1. The molecule has 5 heteroatoms. The first-order valence-corrected chi connectivity index (χ1v) is 8.33. The van der Waals surface area contributed by atoms with Crippen LogP contribution in [0.3, 0.4) is 0 Å². The average Bonchev–Trinajstić information content (AvgIpc) is 2.97. The van der Waals surface area contributed by atoms with E-state index in [1.165, 1.54) is 5.56 Å². The number of ether oxygens (including phenoxy) is 1. The number of carbonyl (C=O) groups excluding carboxylic acids is 1. The fourth-order valence-electron chi connectivity index (χ4n) is 3.01. The Morgan fingerprint density at radius 1 is 1.22 bits per heavy atom. The topological polar surface area (TPSA) is 55.6 Å². The lowest BCUT2D eigenvalue weighted by Gasteiger charge is -2.18. The van der Waals surface area contributed by atoms with Crippen molar-refractivity contribution in [3.8, 4) is 5.75 Å². The lowest BCUT2D eigenvalue weighted by molar-refractivity contribution is 0.0788. The molecular weight excluding hydrogens is 356 g/mol. The summed E-state index contributed by atoms with van der Waals surface area (Å²) in [5.74, 6) is 0.814. The molecule has 1 heterocycles. The summed E-state index contributed by atoms with van der Waals surface area (Å²) in [5, 5.41) is 0. The van der Waals surface area contributed by atoms with Crippen LogP contribution in [-0.4, -0.2) is 37.0 Å². The zero-order valence-corrected chi connectivity index (χ0v) is 14.5. The minimum Gasteiger partial charge on any atom is -0.497 e. The summed E-state index contributed by atoms with van der Waals surface area (Å²) in [6, 6.07) is 15.5. The molecule has 23 heavy (non-hydrogen) atoms. The van der Waals surface area contributed by atoms with Crippen LogP contribution >= 0.6 is 15.9 Å². The maximum absolute atomic E-state index is 12.8. The average molecular weight is 375 g/mol. The molecule has 0 spiro atoms. The van der Waals surface area contributed by atoms with Gasteiger partial charge < -0.3 is 15.4 Å². The second-order valence-corrected chi connectivity index (χ2v) is 6.59. The Labute approximate surface area is 144 Å². The van der Waals surface area contributed by atoms with Gasteiger partial charge in [0.1, 0.15) is 5.75 Å². The molecule has 4 nitrogen and oxygen atoms in total. The highest BCUT2D eigenvalue weighted by atomic mass is 79.9. The van der Waals surface area contributed by atoms with Crippen molar-refractivity contribution in [3.05, 3.63) is 64.1 Å². The number of nitrogens with zero attached hydrogens (tertiary/aromatic N) is 1. The van der Waals surface area contributed by atoms with E-state index in [0.717, 1.165) is 4.47 Å². The molecule has 0 aliphatic carbocycles. The molecule has 0 aromatic heterocycles. The highest BCUT2D eigenvalue weighted by Gasteiger charge is 2.34. The number of benzene rings is 2. The van der Waals surface area contributed by atoms with Gasteiger partial charge in [-0.3, -0.25) is 4.79 Å². The first-order chi connectivity index (χ1) is 11.1. The van der Waals surface area contributed by atoms with Gasteiger partial charge in [0.25, 0.3) is 5.91 Å². The Kier molecular flexibility index (Phi) is 4.68. The number of rotatable bonds is 3. The van der Waals surface area contributed by atoms with E-state index in [1.807, 2.05) is 35.2 Å². The van der Waals surface area contributed by atoms with Crippen LogP contribution in [-0.2, 0) is 0 Å². The highest BCUT2D eigenvalue weighted by Crippen LogP contribution is 2.30. The van der Waals surface area contributed by atoms with E-state index in [9.17, 15) is 4.79 Å². The molecule has 0 saturated carbocycles. The minimum atomic E-state index is -0.0502. The predicted octanol–water partition coefficient (Wildman–Crippen LogP) is 3.02. The van der Waals surface area contributed by atoms with Crippen LogP contribution in [0.15, 0.2) is 53.0 Å². The molecule has 0 radical (unpaired) electrons. The summed E-state index contributed by atoms with van der Waals surface area (Å²) in [4.78, 5) is 14.7. The number of methoxy groups -OCH3 is 1. The quantitative estimate of drug-likeness (QED) is 0.897. The van der Waals surface area contributed by atoms with Crippen LogP contribution in [0.2, 0.25) is 0 Å². The Morgan fingerprint density at radius 2 is 1.96 bits per heavy atom. The Bertz CT molecular complexity index is 705. The molecule has 120 valence electrons. The Morgan fingerprint density at radius 3 is 2.65 bits per heavy atom. The number of hydrogen-bond acceptors (Lipinski definition) is 3. The molecule has 1 aliphatic heterocycles. The largest absolute Gasteiger partial charge is 0.497 e. The third kappa shape index (κ3) is 3.26. The zero-order valence-electron chi connectivity index (χ0n) is 12.9. The summed E-state index contributed by atoms with van der Waals surface area (Å²) < 4.78 is 5.98. The van der Waals surface area contributed by atoms with Crippen molar-refractivity contribution >= 4 is 21.8 Å². The van der Waals surface area contributed by atoms with Gasteiger partial charge in [-0.05, 0) is 39.7 Å². The number of likely N-dealkylation sites (tertiary alicyclic amines) is 1. The van der Waals surface area contributed by atoms with Gasteiger partial charge >= 0.3 is 0 Å². The fourth-order valence-corrected chi connectivity index (χ4v) is 3.43. The molecule has 2 N–H and O–H groups in total. The van der Waals surface area contributed by atoms with E-state index in [4.69, 9.17) is 10.5 Å². The summed E-state index contributed by atoms with van der Waals surface area (Å²) in [7, 11) is 1.59. The highest BCUT2D eigenvalue weighted by molar-refractivity contribution is 9.10. The van der Waals surface area contributed by atoms with Crippen molar-refractivity contribution in [2.75, 3.05) is 20.2 Å². The van der Waals surface area contributed by atoms with Gasteiger partial charge in [-0.1, -0.05) is 30.3 Å². The molecule has 2 aromatic carbocycles.